The van der Waals surface area contributed by atoms with Crippen molar-refractivity contribution in [3.05, 3.63) is 138 Å². The van der Waals surface area contributed by atoms with Gasteiger partial charge in [-0.25, -0.2) is 0 Å². The van der Waals surface area contributed by atoms with Gasteiger partial charge in [0.05, 0.1) is 18.6 Å². The predicted molar refractivity (Wildman–Crippen MR) is 142 cm³/mol. The number of halogens is 1. The zero-order valence-corrected chi connectivity index (χ0v) is 19.9. The fourth-order valence-electron chi connectivity index (χ4n) is 3.73. The van der Waals surface area contributed by atoms with Crippen molar-refractivity contribution < 1.29 is 9.47 Å². The molecule has 1 atom stereocenters. The van der Waals surface area contributed by atoms with E-state index in [2.05, 4.69) is 66.7 Å². The van der Waals surface area contributed by atoms with E-state index in [1.807, 2.05) is 54.6 Å². The van der Waals surface area contributed by atoms with Crippen LogP contribution in [0.3, 0.4) is 0 Å². The van der Waals surface area contributed by atoms with Gasteiger partial charge in [-0.15, -0.1) is 11.6 Å². The van der Waals surface area contributed by atoms with Gasteiger partial charge in [-0.3, -0.25) is 0 Å². The van der Waals surface area contributed by atoms with Crippen LogP contribution in [0.15, 0.2) is 115 Å². The van der Waals surface area contributed by atoms with Gasteiger partial charge < -0.3 is 9.47 Å². The molecule has 0 fully saturated rings. The molecule has 4 aromatic carbocycles. The maximum atomic E-state index is 6.87. The molecule has 0 saturated carbocycles. The molecule has 4 aromatic rings. The Morgan fingerprint density at radius 3 is 2.00 bits per heavy atom. The Hall–Kier alpha value is -3.33. The molecule has 0 saturated heterocycles. The second kappa shape index (κ2) is 12.8. The molecular weight excluding hydrogens is 440 g/mol. The predicted octanol–water partition coefficient (Wildman–Crippen LogP) is 8.19. The third-order valence-electron chi connectivity index (χ3n) is 5.53. The first-order valence-corrected chi connectivity index (χ1v) is 12.0. The molecule has 1 unspecified atom stereocenters. The monoisotopic (exact) mass is 468 g/mol. The Balaban J connectivity index is 1.32. The van der Waals surface area contributed by atoms with Crippen molar-refractivity contribution in [3.8, 4) is 5.75 Å². The van der Waals surface area contributed by atoms with Gasteiger partial charge in [0.2, 0.25) is 0 Å². The molecule has 0 heterocycles. The van der Waals surface area contributed by atoms with Gasteiger partial charge >= 0.3 is 0 Å². The summed E-state index contributed by atoms with van der Waals surface area (Å²) in [7, 11) is 0. The third kappa shape index (κ3) is 7.34. The molecule has 0 aromatic heterocycles. The second-order valence-corrected chi connectivity index (χ2v) is 8.60. The molecule has 0 amide bonds. The zero-order valence-electron chi connectivity index (χ0n) is 19.1. The number of benzene rings is 4. The Morgan fingerprint density at radius 1 is 0.706 bits per heavy atom. The molecule has 0 N–H and O–H groups in total. The minimum absolute atomic E-state index is 0.140. The topological polar surface area (TPSA) is 18.5 Å². The standard InChI is InChI=1S/C31H29ClO2/c32-31(23-29(27-14-8-3-9-15-27)22-25-10-4-1-5-11-25)28-16-18-30(19-17-28)34-21-20-33-24-26-12-6-2-7-13-26/h1-19,22,31H,20-21,23-24H2. The maximum absolute atomic E-state index is 6.87. The summed E-state index contributed by atoms with van der Waals surface area (Å²) in [5.74, 6) is 0.819. The highest BCUT2D eigenvalue weighted by molar-refractivity contribution is 6.21. The summed E-state index contributed by atoms with van der Waals surface area (Å²) in [6.45, 7) is 1.64. The summed E-state index contributed by atoms with van der Waals surface area (Å²) in [5, 5.41) is -0.140. The van der Waals surface area contributed by atoms with Crippen LogP contribution in [0, 0.1) is 0 Å². The minimum Gasteiger partial charge on any atom is -0.491 e. The Kier molecular flexibility index (Phi) is 8.96. The van der Waals surface area contributed by atoms with Crippen LogP contribution in [0.25, 0.3) is 11.6 Å². The molecule has 0 aliphatic heterocycles. The molecule has 2 nitrogen and oxygen atoms in total. The number of hydrogen-bond acceptors (Lipinski definition) is 2. The van der Waals surface area contributed by atoms with E-state index in [4.69, 9.17) is 21.1 Å². The summed E-state index contributed by atoms with van der Waals surface area (Å²) in [5.41, 5.74) is 5.80. The average Bonchev–Trinajstić information content (AvgIpc) is 2.90. The first-order valence-electron chi connectivity index (χ1n) is 11.6. The number of hydrogen-bond donors (Lipinski definition) is 0. The molecule has 0 bridgehead atoms. The first-order chi connectivity index (χ1) is 16.8. The van der Waals surface area contributed by atoms with Crippen molar-refractivity contribution in [3.63, 3.8) is 0 Å². The number of ether oxygens (including phenoxy) is 2. The Labute approximate surface area is 207 Å². The summed E-state index contributed by atoms with van der Waals surface area (Å²) in [6.07, 6.45) is 2.95. The van der Waals surface area contributed by atoms with Gasteiger partial charge in [-0.2, -0.15) is 0 Å². The fourth-order valence-corrected chi connectivity index (χ4v) is 4.04. The van der Waals surface area contributed by atoms with E-state index in [1.54, 1.807) is 0 Å². The maximum Gasteiger partial charge on any atom is 0.119 e. The molecule has 34 heavy (non-hydrogen) atoms. The SMILES string of the molecule is ClC(CC(=Cc1ccccc1)c1ccccc1)c1ccc(OCCOCc2ccccc2)cc1. The van der Waals surface area contributed by atoms with Gasteiger partial charge in [0.25, 0.3) is 0 Å². The van der Waals surface area contributed by atoms with E-state index in [9.17, 15) is 0 Å². The van der Waals surface area contributed by atoms with Crippen molar-refractivity contribution in [2.75, 3.05) is 13.2 Å². The molecule has 0 aliphatic carbocycles. The van der Waals surface area contributed by atoms with E-state index in [-0.39, 0.29) is 5.38 Å². The van der Waals surface area contributed by atoms with Gasteiger partial charge in [0.15, 0.2) is 0 Å². The Bertz CT molecular complexity index is 1140. The lowest BCUT2D eigenvalue weighted by molar-refractivity contribution is 0.0889. The first kappa shape index (κ1) is 23.8. The fraction of sp³-hybridized carbons (Fsp3) is 0.161. The molecule has 3 heteroatoms. The highest BCUT2D eigenvalue weighted by Gasteiger charge is 2.13. The van der Waals surface area contributed by atoms with E-state index >= 15 is 0 Å². The highest BCUT2D eigenvalue weighted by atomic mass is 35.5. The van der Waals surface area contributed by atoms with Gasteiger partial charge in [-0.1, -0.05) is 109 Å². The number of rotatable bonds is 11. The van der Waals surface area contributed by atoms with E-state index in [0.29, 0.717) is 19.8 Å². The van der Waals surface area contributed by atoms with Crippen molar-refractivity contribution in [2.24, 2.45) is 0 Å². The highest BCUT2D eigenvalue weighted by Crippen LogP contribution is 2.34. The largest absolute Gasteiger partial charge is 0.491 e. The molecule has 4 rings (SSSR count). The minimum atomic E-state index is -0.140. The van der Waals surface area contributed by atoms with Gasteiger partial charge in [-0.05, 0) is 46.4 Å². The van der Waals surface area contributed by atoms with Crippen LogP contribution in [0.5, 0.6) is 5.75 Å². The Morgan fingerprint density at radius 2 is 1.32 bits per heavy atom. The van der Waals surface area contributed by atoms with Crippen molar-refractivity contribution in [1.82, 2.24) is 0 Å². The van der Waals surface area contributed by atoms with Crippen molar-refractivity contribution in [1.29, 1.82) is 0 Å². The summed E-state index contributed by atoms with van der Waals surface area (Å²) in [6, 6.07) is 39.0. The van der Waals surface area contributed by atoms with Crippen LogP contribution in [0.1, 0.15) is 34.1 Å². The second-order valence-electron chi connectivity index (χ2n) is 8.07. The van der Waals surface area contributed by atoms with Crippen LogP contribution >= 0.6 is 11.6 Å². The quantitative estimate of drug-likeness (QED) is 0.125. The zero-order chi connectivity index (χ0) is 23.4. The van der Waals surface area contributed by atoms with Crippen LogP contribution in [0.2, 0.25) is 0 Å². The van der Waals surface area contributed by atoms with Crippen molar-refractivity contribution >= 4 is 23.3 Å². The summed E-state index contributed by atoms with van der Waals surface area (Å²) in [4.78, 5) is 0. The number of allylic oxidation sites excluding steroid dienone is 1. The van der Waals surface area contributed by atoms with Crippen LogP contribution in [-0.2, 0) is 11.3 Å². The smallest absolute Gasteiger partial charge is 0.119 e. The summed E-state index contributed by atoms with van der Waals surface area (Å²) < 4.78 is 11.5. The van der Waals surface area contributed by atoms with Gasteiger partial charge in [0, 0.05) is 0 Å². The van der Waals surface area contributed by atoms with Gasteiger partial charge in [0.1, 0.15) is 12.4 Å². The van der Waals surface area contributed by atoms with E-state index < -0.39 is 0 Å². The van der Waals surface area contributed by atoms with E-state index in [1.165, 1.54) is 16.7 Å². The van der Waals surface area contributed by atoms with Crippen molar-refractivity contribution in [2.45, 2.75) is 18.4 Å². The summed E-state index contributed by atoms with van der Waals surface area (Å²) >= 11 is 6.87. The lowest BCUT2D eigenvalue weighted by Crippen LogP contribution is -2.06. The molecule has 172 valence electrons. The van der Waals surface area contributed by atoms with Crippen LogP contribution in [-0.4, -0.2) is 13.2 Å². The number of alkyl halides is 1. The molecule has 0 aliphatic rings. The van der Waals surface area contributed by atoms with Crippen LogP contribution < -0.4 is 4.74 Å². The lowest BCUT2D eigenvalue weighted by Gasteiger charge is -2.15. The average molecular weight is 469 g/mol. The normalized spacial score (nSPS) is 12.3. The molecule has 0 radical (unpaired) electrons. The van der Waals surface area contributed by atoms with E-state index in [0.717, 1.165) is 23.3 Å². The molecule has 0 spiro atoms. The third-order valence-corrected chi connectivity index (χ3v) is 5.94. The molecular formula is C31H29ClO2. The van der Waals surface area contributed by atoms with Crippen LogP contribution in [0.4, 0.5) is 0 Å². The lowest BCUT2D eigenvalue weighted by atomic mass is 9.96.